The lowest BCUT2D eigenvalue weighted by molar-refractivity contribution is 0.155. The molecule has 2 aliphatic rings. The zero-order valence-electron chi connectivity index (χ0n) is 26.0. The smallest absolute Gasteiger partial charge is 0.166 e. The summed E-state index contributed by atoms with van der Waals surface area (Å²) in [6, 6.07) is 16.1. The van der Waals surface area contributed by atoms with E-state index in [1.165, 1.54) is 64.2 Å². The van der Waals surface area contributed by atoms with E-state index in [0.717, 1.165) is 54.6 Å². The zero-order valence-corrected chi connectivity index (χ0v) is 26.0. The number of aryl methyl sites for hydroxylation is 1. The molecule has 0 spiro atoms. The van der Waals surface area contributed by atoms with Gasteiger partial charge in [0.2, 0.25) is 0 Å². The van der Waals surface area contributed by atoms with E-state index in [2.05, 4.69) is 19.6 Å². The molecule has 2 fully saturated rings. The fourth-order valence-corrected chi connectivity index (χ4v) is 7.85. The lowest BCUT2D eigenvalue weighted by atomic mass is 9.68. The minimum Gasteiger partial charge on any atom is -0.206 e. The van der Waals surface area contributed by atoms with Gasteiger partial charge in [-0.05, 0) is 110 Å². The number of allylic oxidation sites excluding steroid dienone is 1. The third-order valence-corrected chi connectivity index (χ3v) is 10.5. The Hall–Kier alpha value is -2.81. The summed E-state index contributed by atoms with van der Waals surface area (Å²) in [4.78, 5) is 0. The summed E-state index contributed by atoms with van der Waals surface area (Å²) >= 11 is 0. The normalized spacial score (nSPS) is 22.4. The summed E-state index contributed by atoms with van der Waals surface area (Å²) in [7, 11) is 0. The van der Waals surface area contributed by atoms with Crippen LogP contribution in [0.25, 0.3) is 22.3 Å². The quantitative estimate of drug-likeness (QED) is 0.146. The number of hydrogen-bond acceptors (Lipinski definition) is 0. The fourth-order valence-electron chi connectivity index (χ4n) is 7.85. The van der Waals surface area contributed by atoms with Crippen LogP contribution in [0.2, 0.25) is 0 Å². The van der Waals surface area contributed by atoms with E-state index in [0.29, 0.717) is 29.0 Å². The average molecular weight is 587 g/mol. The second-order valence-corrected chi connectivity index (χ2v) is 13.3. The van der Waals surface area contributed by atoms with Crippen LogP contribution in [0.3, 0.4) is 0 Å². The Balaban J connectivity index is 1.17. The first-order chi connectivity index (χ1) is 21.0. The molecule has 0 aromatic heterocycles. The van der Waals surface area contributed by atoms with E-state index >= 15 is 4.39 Å². The first-order valence-corrected chi connectivity index (χ1v) is 17.0. The van der Waals surface area contributed by atoms with Crippen LogP contribution in [0.5, 0.6) is 0 Å². The molecule has 0 aliphatic heterocycles. The maximum absolute atomic E-state index is 15.4. The average Bonchev–Trinajstić information content (AvgIpc) is 3.04. The second-order valence-electron chi connectivity index (χ2n) is 13.3. The van der Waals surface area contributed by atoms with Gasteiger partial charge in [0, 0.05) is 11.1 Å². The van der Waals surface area contributed by atoms with E-state index in [-0.39, 0.29) is 11.4 Å². The minimum atomic E-state index is -0.829. The van der Waals surface area contributed by atoms with Gasteiger partial charge in [0.1, 0.15) is 5.82 Å². The van der Waals surface area contributed by atoms with Crippen molar-refractivity contribution in [2.45, 2.75) is 109 Å². The monoisotopic (exact) mass is 586 g/mol. The fraction of sp³-hybridized carbons (Fsp3) is 0.500. The molecule has 0 amide bonds. The molecule has 0 N–H and O–H groups in total. The summed E-state index contributed by atoms with van der Waals surface area (Å²) in [5, 5.41) is 0. The number of halogens is 3. The molecule has 0 radical (unpaired) electrons. The Kier molecular flexibility index (Phi) is 11.2. The van der Waals surface area contributed by atoms with Crippen LogP contribution >= 0.6 is 0 Å². The summed E-state index contributed by atoms with van der Waals surface area (Å²) < 4.78 is 45.0. The van der Waals surface area contributed by atoms with Crippen molar-refractivity contribution >= 4 is 0 Å². The Morgan fingerprint density at radius 3 is 1.95 bits per heavy atom. The van der Waals surface area contributed by atoms with Crippen LogP contribution in [0.1, 0.15) is 114 Å². The molecule has 0 nitrogen and oxygen atoms in total. The molecule has 230 valence electrons. The topological polar surface area (TPSA) is 0 Å². The maximum atomic E-state index is 15.4. The molecule has 3 aromatic rings. The Bertz CT molecular complexity index is 1320. The molecule has 0 heterocycles. The molecule has 0 unspecified atom stereocenters. The van der Waals surface area contributed by atoms with Gasteiger partial charge in [0.15, 0.2) is 11.6 Å². The molecule has 43 heavy (non-hydrogen) atoms. The van der Waals surface area contributed by atoms with Crippen molar-refractivity contribution in [3.8, 4) is 22.3 Å². The Morgan fingerprint density at radius 2 is 1.33 bits per heavy atom. The minimum absolute atomic E-state index is 0.213. The molecule has 5 rings (SSSR count). The van der Waals surface area contributed by atoms with Gasteiger partial charge in [-0.25, -0.2) is 13.2 Å². The second kappa shape index (κ2) is 15.3. The molecule has 0 bridgehead atoms. The van der Waals surface area contributed by atoms with Crippen LogP contribution in [0.15, 0.2) is 67.3 Å². The molecule has 3 heteroatoms. The lowest BCUT2D eigenvalue weighted by Gasteiger charge is -2.38. The van der Waals surface area contributed by atoms with Gasteiger partial charge in [-0.15, -0.1) is 6.58 Å². The van der Waals surface area contributed by atoms with Gasteiger partial charge >= 0.3 is 0 Å². The van der Waals surface area contributed by atoms with Gasteiger partial charge in [-0.1, -0.05) is 100 Å². The van der Waals surface area contributed by atoms with Gasteiger partial charge in [0.05, 0.1) is 0 Å². The van der Waals surface area contributed by atoms with Crippen molar-refractivity contribution in [3.63, 3.8) is 0 Å². The van der Waals surface area contributed by atoms with E-state index in [4.69, 9.17) is 0 Å². The first-order valence-electron chi connectivity index (χ1n) is 17.0. The predicted octanol–water partition coefficient (Wildman–Crippen LogP) is 12.6. The van der Waals surface area contributed by atoms with Crippen molar-refractivity contribution in [2.24, 2.45) is 17.8 Å². The molecule has 0 atom stereocenters. The third-order valence-electron chi connectivity index (χ3n) is 10.5. The molecule has 3 aromatic carbocycles. The first kappa shape index (κ1) is 31.6. The van der Waals surface area contributed by atoms with Gasteiger partial charge in [0.25, 0.3) is 0 Å². The third kappa shape index (κ3) is 7.83. The molecule has 2 aliphatic carbocycles. The largest absolute Gasteiger partial charge is 0.206 e. The standard InChI is InChI=1S/C40H49F3/c1-3-5-7-9-28-11-13-29(14-12-28)30-15-17-31(18-16-30)35-24-25-36(38(41)27-35)32-19-21-33(22-20-32)37-26-23-34(10-8-6-4-2)39(42)40(37)43/h4,19-31H,2-3,5-18H2,1H3. The SMILES string of the molecule is C=CCCCc1ccc(-c2ccc(-c3ccc(C4CCC(C5CCC(CCCCC)CC5)CC4)cc3F)cc2)c(F)c1F. The molecular weight excluding hydrogens is 537 g/mol. The van der Waals surface area contributed by atoms with Crippen molar-refractivity contribution in [3.05, 3.63) is 95.8 Å². The van der Waals surface area contributed by atoms with Gasteiger partial charge in [-0.3, -0.25) is 0 Å². The van der Waals surface area contributed by atoms with Gasteiger partial charge in [-0.2, -0.15) is 0 Å². The highest BCUT2D eigenvalue weighted by Gasteiger charge is 2.31. The van der Waals surface area contributed by atoms with Crippen LogP contribution < -0.4 is 0 Å². The Morgan fingerprint density at radius 1 is 0.698 bits per heavy atom. The zero-order chi connectivity index (χ0) is 30.2. The molecule has 0 saturated heterocycles. The van der Waals surface area contributed by atoms with Crippen LogP contribution in [0, 0.1) is 35.2 Å². The van der Waals surface area contributed by atoms with Crippen molar-refractivity contribution in [1.29, 1.82) is 0 Å². The highest BCUT2D eigenvalue weighted by molar-refractivity contribution is 5.71. The number of rotatable bonds is 12. The Labute approximate surface area is 257 Å². The van der Waals surface area contributed by atoms with E-state index in [1.54, 1.807) is 48.5 Å². The number of benzene rings is 3. The highest BCUT2D eigenvalue weighted by Crippen LogP contribution is 2.45. The molecule has 2 saturated carbocycles. The lowest BCUT2D eigenvalue weighted by Crippen LogP contribution is -2.25. The summed E-state index contributed by atoms with van der Waals surface area (Å²) in [6.07, 6.45) is 19.8. The van der Waals surface area contributed by atoms with Crippen molar-refractivity contribution in [2.75, 3.05) is 0 Å². The van der Waals surface area contributed by atoms with Gasteiger partial charge < -0.3 is 0 Å². The van der Waals surface area contributed by atoms with E-state index in [9.17, 15) is 8.78 Å². The summed E-state index contributed by atoms with van der Waals surface area (Å²) in [5.74, 6) is 1.32. The maximum Gasteiger partial charge on any atom is 0.166 e. The predicted molar refractivity (Wildman–Crippen MR) is 175 cm³/mol. The van der Waals surface area contributed by atoms with Crippen LogP contribution in [0.4, 0.5) is 13.2 Å². The van der Waals surface area contributed by atoms with E-state index in [1.807, 2.05) is 6.07 Å². The molecular formula is C40H49F3. The summed E-state index contributed by atoms with van der Waals surface area (Å²) in [6.45, 7) is 5.97. The van der Waals surface area contributed by atoms with Crippen LogP contribution in [-0.4, -0.2) is 0 Å². The highest BCUT2D eigenvalue weighted by atomic mass is 19.2. The van der Waals surface area contributed by atoms with Crippen molar-refractivity contribution in [1.82, 2.24) is 0 Å². The summed E-state index contributed by atoms with van der Waals surface area (Å²) in [5.41, 5.74) is 3.59. The van der Waals surface area contributed by atoms with Crippen LogP contribution in [-0.2, 0) is 6.42 Å². The number of unbranched alkanes of at least 4 members (excludes halogenated alkanes) is 3. The number of hydrogen-bond donors (Lipinski definition) is 0. The van der Waals surface area contributed by atoms with E-state index < -0.39 is 11.6 Å². The van der Waals surface area contributed by atoms with Crippen molar-refractivity contribution < 1.29 is 13.2 Å².